The van der Waals surface area contributed by atoms with Gasteiger partial charge in [-0.25, -0.2) is 0 Å². The third kappa shape index (κ3) is 3.89. The van der Waals surface area contributed by atoms with Gasteiger partial charge in [0.05, 0.1) is 12.2 Å². The van der Waals surface area contributed by atoms with E-state index in [0.717, 1.165) is 32.6 Å². The summed E-state index contributed by atoms with van der Waals surface area (Å²) in [6.07, 6.45) is 1.58. The number of nitrogens with zero attached hydrogens (tertiary/aromatic N) is 1. The number of hydrogen-bond donors (Lipinski definition) is 1. The number of thiophene rings is 1. The van der Waals surface area contributed by atoms with E-state index in [-0.39, 0.29) is 24.0 Å². The summed E-state index contributed by atoms with van der Waals surface area (Å²) >= 11 is 1.82. The van der Waals surface area contributed by atoms with Crippen LogP contribution < -0.4 is 5.32 Å². The van der Waals surface area contributed by atoms with Crippen LogP contribution in [0.25, 0.3) is 0 Å². The first-order chi connectivity index (χ1) is 10.5. The number of hydrogen-bond acceptors (Lipinski definition) is 4. The molecule has 0 aromatic carbocycles. The van der Waals surface area contributed by atoms with E-state index < -0.39 is 0 Å². The largest absolute Gasteiger partial charge is 0.373 e. The van der Waals surface area contributed by atoms with Crippen molar-refractivity contribution >= 4 is 17.2 Å². The number of carbonyl (C=O) groups is 1. The van der Waals surface area contributed by atoms with Crippen LogP contribution in [0.1, 0.15) is 35.9 Å². The van der Waals surface area contributed by atoms with Crippen LogP contribution in [0.3, 0.4) is 0 Å². The van der Waals surface area contributed by atoms with Gasteiger partial charge < -0.3 is 10.1 Å². The Hall–Kier alpha value is -0.910. The summed E-state index contributed by atoms with van der Waals surface area (Å²) in [4.78, 5) is 17.3. The first kappa shape index (κ1) is 16.0. The number of aryl methyl sites for hydroxylation is 1. The van der Waals surface area contributed by atoms with E-state index in [9.17, 15) is 4.79 Å². The van der Waals surface area contributed by atoms with Gasteiger partial charge >= 0.3 is 0 Å². The molecule has 122 valence electrons. The van der Waals surface area contributed by atoms with Gasteiger partial charge in [0.1, 0.15) is 0 Å². The molecular formula is C17H26N2O2S. The third-order valence-electron chi connectivity index (χ3n) is 4.48. The molecule has 22 heavy (non-hydrogen) atoms. The lowest BCUT2D eigenvalue weighted by molar-refractivity contribution is -0.122. The van der Waals surface area contributed by atoms with E-state index in [1.165, 1.54) is 9.75 Å². The molecule has 0 spiro atoms. The van der Waals surface area contributed by atoms with E-state index in [2.05, 4.69) is 43.1 Å². The van der Waals surface area contributed by atoms with Crippen molar-refractivity contribution in [2.24, 2.45) is 5.92 Å². The van der Waals surface area contributed by atoms with E-state index in [0.29, 0.717) is 5.92 Å². The van der Waals surface area contributed by atoms with Gasteiger partial charge in [0.2, 0.25) is 5.91 Å². The molecule has 0 unspecified atom stereocenters. The Bertz CT molecular complexity index is 520. The van der Waals surface area contributed by atoms with Crippen molar-refractivity contribution < 1.29 is 9.53 Å². The molecule has 1 saturated heterocycles. The van der Waals surface area contributed by atoms with Crippen LogP contribution >= 0.6 is 11.3 Å². The highest BCUT2D eigenvalue weighted by Gasteiger charge is 2.44. The standard InChI is InChI=1S/C17H26N2O2S/c1-11-9-19(10-12(2)21-11)7-6-18-17(20)15-8-14(15)16-5-4-13(3)22-16/h4-5,11-12,14-15H,6-10H2,1-3H3,(H,18,20)/t11-,12-,14-,15+/m1/s1. The maximum Gasteiger partial charge on any atom is 0.223 e. The van der Waals surface area contributed by atoms with Crippen molar-refractivity contribution in [3.8, 4) is 0 Å². The number of rotatable bonds is 5. The molecule has 2 fully saturated rings. The zero-order valence-electron chi connectivity index (χ0n) is 13.7. The average molecular weight is 322 g/mol. The summed E-state index contributed by atoms with van der Waals surface area (Å²) in [5.74, 6) is 0.883. The van der Waals surface area contributed by atoms with Crippen molar-refractivity contribution in [2.45, 2.75) is 45.3 Å². The average Bonchev–Trinajstić information content (AvgIpc) is 3.13. The quantitative estimate of drug-likeness (QED) is 0.905. The molecular weight excluding hydrogens is 296 g/mol. The monoisotopic (exact) mass is 322 g/mol. The summed E-state index contributed by atoms with van der Waals surface area (Å²) < 4.78 is 5.73. The van der Waals surface area contributed by atoms with Gasteiger partial charge in [0, 0.05) is 47.8 Å². The van der Waals surface area contributed by atoms with Crippen molar-refractivity contribution in [1.82, 2.24) is 10.2 Å². The molecule has 2 aliphatic rings. The molecule has 2 heterocycles. The SMILES string of the molecule is Cc1ccc([C@@H]2C[C@@H]2C(=O)NCCN2C[C@@H](C)O[C@H](C)C2)s1. The molecule has 0 radical (unpaired) electrons. The van der Waals surface area contributed by atoms with E-state index >= 15 is 0 Å². The summed E-state index contributed by atoms with van der Waals surface area (Å²) in [7, 11) is 0. The predicted molar refractivity (Wildman–Crippen MR) is 89.4 cm³/mol. The van der Waals surface area contributed by atoms with Crippen LogP contribution in [0, 0.1) is 12.8 Å². The zero-order chi connectivity index (χ0) is 15.7. The smallest absolute Gasteiger partial charge is 0.223 e. The molecule has 3 rings (SSSR count). The maximum absolute atomic E-state index is 12.2. The summed E-state index contributed by atoms with van der Waals surface area (Å²) in [6, 6.07) is 4.32. The second kappa shape index (κ2) is 6.69. The first-order valence-electron chi connectivity index (χ1n) is 8.25. The molecule has 4 nitrogen and oxygen atoms in total. The summed E-state index contributed by atoms with van der Waals surface area (Å²) in [5, 5.41) is 3.11. The second-order valence-corrected chi connectivity index (χ2v) is 8.02. The molecule has 1 aliphatic carbocycles. The van der Waals surface area contributed by atoms with Gasteiger partial charge in [0.15, 0.2) is 0 Å². The summed E-state index contributed by atoms with van der Waals surface area (Å²) in [6.45, 7) is 9.92. The molecule has 1 saturated carbocycles. The van der Waals surface area contributed by atoms with E-state index in [1.54, 1.807) is 0 Å². The van der Waals surface area contributed by atoms with Gasteiger partial charge in [-0.15, -0.1) is 11.3 Å². The highest BCUT2D eigenvalue weighted by Crippen LogP contribution is 2.49. The van der Waals surface area contributed by atoms with Gasteiger partial charge in [-0.05, 0) is 39.3 Å². The van der Waals surface area contributed by atoms with Crippen molar-refractivity contribution in [2.75, 3.05) is 26.2 Å². The second-order valence-electron chi connectivity index (χ2n) is 6.71. The van der Waals surface area contributed by atoms with Crippen LogP contribution in [-0.4, -0.2) is 49.2 Å². The van der Waals surface area contributed by atoms with Crippen LogP contribution in [0.15, 0.2) is 12.1 Å². The Morgan fingerprint density at radius 1 is 1.36 bits per heavy atom. The zero-order valence-corrected chi connectivity index (χ0v) is 14.5. The lowest BCUT2D eigenvalue weighted by Crippen LogP contribution is -2.48. The molecule has 4 atom stereocenters. The van der Waals surface area contributed by atoms with Crippen molar-refractivity contribution in [1.29, 1.82) is 0 Å². The predicted octanol–water partition coefficient (Wildman–Crippen LogP) is 2.39. The Morgan fingerprint density at radius 2 is 2.09 bits per heavy atom. The fourth-order valence-electron chi connectivity index (χ4n) is 3.39. The minimum absolute atomic E-state index is 0.195. The first-order valence-corrected chi connectivity index (χ1v) is 9.06. The molecule has 1 N–H and O–H groups in total. The number of carbonyl (C=O) groups excluding carboxylic acids is 1. The van der Waals surface area contributed by atoms with Crippen LogP contribution in [0.4, 0.5) is 0 Å². The van der Waals surface area contributed by atoms with Gasteiger partial charge in [0.25, 0.3) is 0 Å². The van der Waals surface area contributed by atoms with Crippen LogP contribution in [0.2, 0.25) is 0 Å². The number of ether oxygens (including phenoxy) is 1. The molecule has 1 aromatic rings. The Morgan fingerprint density at radius 3 is 2.73 bits per heavy atom. The Labute approximate surface area is 136 Å². The normalized spacial score (nSPS) is 32.0. The minimum Gasteiger partial charge on any atom is -0.373 e. The number of amides is 1. The number of morpholine rings is 1. The third-order valence-corrected chi connectivity index (χ3v) is 5.61. The van der Waals surface area contributed by atoms with E-state index in [4.69, 9.17) is 4.74 Å². The minimum atomic E-state index is 0.195. The lowest BCUT2D eigenvalue weighted by atomic mass is 10.2. The number of nitrogens with one attached hydrogen (secondary N) is 1. The Kier molecular flexibility index (Phi) is 4.85. The topological polar surface area (TPSA) is 41.6 Å². The fourth-order valence-corrected chi connectivity index (χ4v) is 4.44. The molecule has 1 amide bonds. The molecule has 0 bridgehead atoms. The van der Waals surface area contributed by atoms with Crippen molar-refractivity contribution in [3.63, 3.8) is 0 Å². The summed E-state index contributed by atoms with van der Waals surface area (Å²) in [5.41, 5.74) is 0. The van der Waals surface area contributed by atoms with E-state index in [1.807, 2.05) is 11.3 Å². The fraction of sp³-hybridized carbons (Fsp3) is 0.706. The maximum atomic E-state index is 12.2. The van der Waals surface area contributed by atoms with Crippen molar-refractivity contribution in [3.05, 3.63) is 21.9 Å². The molecule has 5 heteroatoms. The van der Waals surface area contributed by atoms with Gasteiger partial charge in [-0.3, -0.25) is 9.69 Å². The lowest BCUT2D eigenvalue weighted by Gasteiger charge is -2.35. The van der Waals surface area contributed by atoms with Crippen LogP contribution in [0.5, 0.6) is 0 Å². The highest BCUT2D eigenvalue weighted by molar-refractivity contribution is 7.12. The van der Waals surface area contributed by atoms with Gasteiger partial charge in [-0.2, -0.15) is 0 Å². The van der Waals surface area contributed by atoms with Gasteiger partial charge in [-0.1, -0.05) is 0 Å². The van der Waals surface area contributed by atoms with Crippen LogP contribution in [-0.2, 0) is 9.53 Å². The highest BCUT2D eigenvalue weighted by atomic mass is 32.1. The molecule has 1 aliphatic heterocycles. The Balaban J connectivity index is 1.38. The molecule has 1 aromatic heterocycles.